The summed E-state index contributed by atoms with van der Waals surface area (Å²) < 4.78 is 0. The molecule has 1 unspecified atom stereocenters. The number of nitriles is 1. The molecule has 0 radical (unpaired) electrons. The van der Waals surface area contributed by atoms with Gasteiger partial charge in [-0.1, -0.05) is 6.07 Å². The Kier molecular flexibility index (Phi) is 3.48. The van der Waals surface area contributed by atoms with Crippen LogP contribution in [-0.2, 0) is 4.79 Å². The summed E-state index contributed by atoms with van der Waals surface area (Å²) in [6.45, 7) is 4.75. The van der Waals surface area contributed by atoms with Gasteiger partial charge < -0.3 is 10.0 Å². The molecule has 2 rings (SSSR count). The predicted octanol–water partition coefficient (Wildman–Crippen LogP) is 2.64. The standard InChI is InChI=1S/C15H18N2O2/c1-15(2)13(14(18)19)7-4-8-17(15)12-6-3-5-11(9-12)10-16/h3,5-6,9,13H,4,7-8H2,1-2H3,(H,18,19). The van der Waals surface area contributed by atoms with E-state index >= 15 is 0 Å². The molecule has 1 N–H and O–H groups in total. The molecule has 0 bridgehead atoms. The molecule has 0 saturated carbocycles. The fourth-order valence-electron chi connectivity index (χ4n) is 2.91. The second-order valence-electron chi connectivity index (χ2n) is 5.50. The Morgan fingerprint density at radius 2 is 2.26 bits per heavy atom. The fraction of sp³-hybridized carbons (Fsp3) is 0.467. The maximum atomic E-state index is 11.4. The fourth-order valence-corrected chi connectivity index (χ4v) is 2.91. The summed E-state index contributed by atoms with van der Waals surface area (Å²) in [6.07, 6.45) is 1.56. The Balaban J connectivity index is 2.37. The van der Waals surface area contributed by atoms with E-state index in [1.807, 2.05) is 32.0 Å². The van der Waals surface area contributed by atoms with Gasteiger partial charge in [-0.15, -0.1) is 0 Å². The first-order valence-electron chi connectivity index (χ1n) is 6.47. The molecule has 1 aromatic rings. The van der Waals surface area contributed by atoms with Crippen LogP contribution in [0.1, 0.15) is 32.3 Å². The van der Waals surface area contributed by atoms with Crippen LogP contribution in [0.3, 0.4) is 0 Å². The van der Waals surface area contributed by atoms with Crippen molar-refractivity contribution in [3.8, 4) is 6.07 Å². The highest BCUT2D eigenvalue weighted by Gasteiger charge is 2.42. The lowest BCUT2D eigenvalue weighted by Gasteiger charge is -2.47. The number of hydrogen-bond acceptors (Lipinski definition) is 3. The van der Waals surface area contributed by atoms with Gasteiger partial charge >= 0.3 is 5.97 Å². The largest absolute Gasteiger partial charge is 0.481 e. The maximum Gasteiger partial charge on any atom is 0.308 e. The second-order valence-corrected chi connectivity index (χ2v) is 5.50. The molecule has 0 amide bonds. The Morgan fingerprint density at radius 3 is 2.89 bits per heavy atom. The highest BCUT2D eigenvalue weighted by Crippen LogP contribution is 2.37. The van der Waals surface area contributed by atoms with Crippen LogP contribution in [0.15, 0.2) is 24.3 Å². The number of carboxylic acids is 1. The summed E-state index contributed by atoms with van der Waals surface area (Å²) in [5, 5.41) is 18.3. The quantitative estimate of drug-likeness (QED) is 0.885. The van der Waals surface area contributed by atoms with Gasteiger partial charge in [0.2, 0.25) is 0 Å². The second kappa shape index (κ2) is 4.93. The number of rotatable bonds is 2. The SMILES string of the molecule is CC1(C)C(C(=O)O)CCCN1c1cccc(C#N)c1. The van der Waals surface area contributed by atoms with Crippen molar-refractivity contribution in [3.05, 3.63) is 29.8 Å². The summed E-state index contributed by atoms with van der Waals surface area (Å²) in [5.74, 6) is -1.13. The molecule has 1 heterocycles. The number of anilines is 1. The van der Waals surface area contributed by atoms with Crippen molar-refractivity contribution in [2.24, 2.45) is 5.92 Å². The summed E-state index contributed by atoms with van der Waals surface area (Å²) in [6, 6.07) is 9.49. The Hall–Kier alpha value is -2.02. The molecule has 0 aromatic heterocycles. The van der Waals surface area contributed by atoms with Crippen LogP contribution >= 0.6 is 0 Å². The van der Waals surface area contributed by atoms with E-state index in [2.05, 4.69) is 11.0 Å². The van der Waals surface area contributed by atoms with E-state index in [1.54, 1.807) is 6.07 Å². The van der Waals surface area contributed by atoms with E-state index in [-0.39, 0.29) is 5.92 Å². The van der Waals surface area contributed by atoms with Crippen molar-refractivity contribution in [2.75, 3.05) is 11.4 Å². The van der Waals surface area contributed by atoms with Crippen LogP contribution < -0.4 is 4.90 Å². The third kappa shape index (κ3) is 2.41. The van der Waals surface area contributed by atoms with E-state index in [4.69, 9.17) is 5.26 Å². The van der Waals surface area contributed by atoms with Crippen molar-refractivity contribution in [1.82, 2.24) is 0 Å². The van der Waals surface area contributed by atoms with E-state index in [9.17, 15) is 9.90 Å². The summed E-state index contributed by atoms with van der Waals surface area (Å²) >= 11 is 0. The molecule has 1 aliphatic rings. The molecule has 0 aliphatic carbocycles. The van der Waals surface area contributed by atoms with Gasteiger partial charge in [0, 0.05) is 17.8 Å². The molecule has 1 fully saturated rings. The first-order chi connectivity index (χ1) is 8.96. The van der Waals surface area contributed by atoms with Crippen LogP contribution in [0.2, 0.25) is 0 Å². The topological polar surface area (TPSA) is 64.3 Å². The average molecular weight is 258 g/mol. The Morgan fingerprint density at radius 1 is 1.53 bits per heavy atom. The minimum atomic E-state index is -0.744. The maximum absolute atomic E-state index is 11.4. The lowest BCUT2D eigenvalue weighted by Crippen LogP contribution is -2.55. The molecule has 4 nitrogen and oxygen atoms in total. The van der Waals surface area contributed by atoms with Gasteiger partial charge in [0.15, 0.2) is 0 Å². The lowest BCUT2D eigenvalue weighted by atomic mass is 9.78. The smallest absolute Gasteiger partial charge is 0.308 e. The van der Waals surface area contributed by atoms with Gasteiger partial charge in [0.25, 0.3) is 0 Å². The number of benzene rings is 1. The first kappa shape index (κ1) is 13.4. The molecule has 0 spiro atoms. The third-order valence-corrected chi connectivity index (χ3v) is 4.01. The van der Waals surface area contributed by atoms with Crippen LogP contribution in [0.5, 0.6) is 0 Å². The summed E-state index contributed by atoms with van der Waals surface area (Å²) in [4.78, 5) is 13.5. The molecule has 4 heteroatoms. The minimum absolute atomic E-state index is 0.382. The minimum Gasteiger partial charge on any atom is -0.481 e. The third-order valence-electron chi connectivity index (χ3n) is 4.01. The summed E-state index contributed by atoms with van der Waals surface area (Å²) in [5.41, 5.74) is 1.08. The number of nitrogens with zero attached hydrogens (tertiary/aromatic N) is 2. The number of carbonyl (C=O) groups is 1. The van der Waals surface area contributed by atoms with E-state index in [1.165, 1.54) is 0 Å². The van der Waals surface area contributed by atoms with E-state index < -0.39 is 11.5 Å². The molecular formula is C15H18N2O2. The zero-order chi connectivity index (χ0) is 14.0. The van der Waals surface area contributed by atoms with Crippen molar-refractivity contribution < 1.29 is 9.90 Å². The highest BCUT2D eigenvalue weighted by molar-refractivity contribution is 5.73. The van der Waals surface area contributed by atoms with Gasteiger partial charge in [0.1, 0.15) is 0 Å². The Labute approximate surface area is 113 Å². The number of piperidine rings is 1. The molecule has 1 aromatic carbocycles. The molecule has 1 saturated heterocycles. The molecule has 19 heavy (non-hydrogen) atoms. The van der Waals surface area contributed by atoms with Gasteiger partial charge in [-0.3, -0.25) is 4.79 Å². The zero-order valence-electron chi connectivity index (χ0n) is 11.3. The Bertz CT molecular complexity index is 531. The predicted molar refractivity (Wildman–Crippen MR) is 72.9 cm³/mol. The molecule has 100 valence electrons. The van der Waals surface area contributed by atoms with E-state index in [0.29, 0.717) is 12.0 Å². The normalized spacial score (nSPS) is 21.7. The molecule has 1 aliphatic heterocycles. The van der Waals surface area contributed by atoms with Gasteiger partial charge in [-0.25, -0.2) is 0 Å². The van der Waals surface area contributed by atoms with Crippen LogP contribution in [0.4, 0.5) is 5.69 Å². The van der Waals surface area contributed by atoms with Gasteiger partial charge in [-0.05, 0) is 44.9 Å². The number of aliphatic carboxylic acids is 1. The number of hydrogen-bond donors (Lipinski definition) is 1. The van der Waals surface area contributed by atoms with Crippen molar-refractivity contribution in [1.29, 1.82) is 5.26 Å². The van der Waals surface area contributed by atoms with Crippen LogP contribution in [0.25, 0.3) is 0 Å². The lowest BCUT2D eigenvalue weighted by molar-refractivity contribution is -0.144. The number of carboxylic acid groups (broad SMARTS) is 1. The average Bonchev–Trinajstić information content (AvgIpc) is 2.37. The van der Waals surface area contributed by atoms with Crippen molar-refractivity contribution >= 4 is 11.7 Å². The highest BCUT2D eigenvalue weighted by atomic mass is 16.4. The van der Waals surface area contributed by atoms with Gasteiger partial charge in [-0.2, -0.15) is 5.26 Å². The van der Waals surface area contributed by atoms with Crippen molar-refractivity contribution in [3.63, 3.8) is 0 Å². The monoisotopic (exact) mass is 258 g/mol. The van der Waals surface area contributed by atoms with Crippen LogP contribution in [0, 0.1) is 17.2 Å². The van der Waals surface area contributed by atoms with Crippen molar-refractivity contribution in [2.45, 2.75) is 32.2 Å². The molecular weight excluding hydrogens is 240 g/mol. The first-order valence-corrected chi connectivity index (χ1v) is 6.47. The van der Waals surface area contributed by atoms with Crippen LogP contribution in [-0.4, -0.2) is 23.2 Å². The molecule has 1 atom stereocenters. The van der Waals surface area contributed by atoms with Gasteiger partial charge in [0.05, 0.1) is 17.6 Å². The van der Waals surface area contributed by atoms with E-state index in [0.717, 1.165) is 18.7 Å². The summed E-state index contributed by atoms with van der Waals surface area (Å²) in [7, 11) is 0. The zero-order valence-corrected chi connectivity index (χ0v) is 11.3.